The van der Waals surface area contributed by atoms with Crippen molar-refractivity contribution in [1.82, 2.24) is 5.32 Å². The molecule has 0 radical (unpaired) electrons. The topological polar surface area (TPSA) is 41.6 Å². The third-order valence-electron chi connectivity index (χ3n) is 4.37. The van der Waals surface area contributed by atoms with Gasteiger partial charge in [-0.3, -0.25) is 4.79 Å². The molecule has 4 heteroatoms. The van der Waals surface area contributed by atoms with Crippen LogP contribution in [0.5, 0.6) is 5.75 Å². The summed E-state index contributed by atoms with van der Waals surface area (Å²) in [5, 5.41) is 2.99. The first-order valence-electron chi connectivity index (χ1n) is 9.29. The molecular formula is C22H30N2O2. The minimum atomic E-state index is 0.109. The van der Waals surface area contributed by atoms with E-state index >= 15 is 0 Å². The maximum Gasteiger partial charge on any atom is 0.220 e. The van der Waals surface area contributed by atoms with Gasteiger partial charge >= 0.3 is 0 Å². The monoisotopic (exact) mass is 354 g/mol. The Morgan fingerprint density at radius 1 is 1.08 bits per heavy atom. The van der Waals surface area contributed by atoms with Crippen LogP contribution in [0.25, 0.3) is 0 Å². The van der Waals surface area contributed by atoms with Gasteiger partial charge in [-0.05, 0) is 56.0 Å². The second-order valence-electron chi connectivity index (χ2n) is 6.68. The second kappa shape index (κ2) is 10.5. The molecule has 4 nitrogen and oxygen atoms in total. The number of nitrogens with one attached hydrogen (secondary N) is 1. The van der Waals surface area contributed by atoms with Crippen LogP contribution in [-0.2, 0) is 4.79 Å². The number of hydrogen-bond acceptors (Lipinski definition) is 3. The van der Waals surface area contributed by atoms with Gasteiger partial charge in [0.25, 0.3) is 0 Å². The lowest BCUT2D eigenvalue weighted by atomic mass is 10.1. The minimum absolute atomic E-state index is 0.109. The van der Waals surface area contributed by atoms with Gasteiger partial charge in [0.2, 0.25) is 5.91 Å². The fourth-order valence-electron chi connectivity index (χ4n) is 2.70. The number of benzene rings is 2. The first kappa shape index (κ1) is 19.8. The van der Waals surface area contributed by atoms with Crippen LogP contribution >= 0.6 is 0 Å². The van der Waals surface area contributed by atoms with E-state index in [-0.39, 0.29) is 5.91 Å². The van der Waals surface area contributed by atoms with Crippen molar-refractivity contribution >= 4 is 11.6 Å². The number of aryl methyl sites for hydroxylation is 2. The number of carbonyl (C=O) groups is 1. The molecule has 1 amide bonds. The summed E-state index contributed by atoms with van der Waals surface area (Å²) in [5.41, 5.74) is 3.51. The van der Waals surface area contributed by atoms with E-state index in [9.17, 15) is 4.79 Å². The maximum absolute atomic E-state index is 11.9. The third-order valence-corrected chi connectivity index (χ3v) is 4.37. The molecule has 0 unspecified atom stereocenters. The summed E-state index contributed by atoms with van der Waals surface area (Å²) in [5.74, 6) is 1.05. The van der Waals surface area contributed by atoms with Gasteiger partial charge in [0, 0.05) is 32.2 Å². The highest BCUT2D eigenvalue weighted by Crippen LogP contribution is 2.19. The maximum atomic E-state index is 11.9. The van der Waals surface area contributed by atoms with E-state index in [2.05, 4.69) is 54.4 Å². The molecule has 1 N–H and O–H groups in total. The number of ether oxygens (including phenoxy) is 1. The summed E-state index contributed by atoms with van der Waals surface area (Å²) in [7, 11) is 2.03. The average Bonchev–Trinajstić information content (AvgIpc) is 2.64. The van der Waals surface area contributed by atoms with E-state index in [1.54, 1.807) is 0 Å². The molecule has 0 aliphatic heterocycles. The normalized spacial score (nSPS) is 10.4. The molecule has 0 aromatic heterocycles. The predicted molar refractivity (Wildman–Crippen MR) is 108 cm³/mol. The van der Waals surface area contributed by atoms with Crippen molar-refractivity contribution < 1.29 is 9.53 Å². The van der Waals surface area contributed by atoms with Crippen molar-refractivity contribution in [2.45, 2.75) is 33.1 Å². The van der Waals surface area contributed by atoms with E-state index < -0.39 is 0 Å². The average molecular weight is 354 g/mol. The molecule has 0 spiro atoms. The first-order valence-corrected chi connectivity index (χ1v) is 9.29. The van der Waals surface area contributed by atoms with Crippen LogP contribution in [0.2, 0.25) is 0 Å². The summed E-state index contributed by atoms with van der Waals surface area (Å²) in [6, 6.07) is 16.4. The zero-order valence-electron chi connectivity index (χ0n) is 16.1. The number of likely N-dealkylation sites (N-methyl/N-ethyl adjacent to an activating group) is 1. The Hall–Kier alpha value is -2.49. The minimum Gasteiger partial charge on any atom is -0.493 e. The molecule has 0 saturated carbocycles. The van der Waals surface area contributed by atoms with Crippen molar-refractivity contribution in [2.24, 2.45) is 0 Å². The molecule has 140 valence electrons. The Morgan fingerprint density at radius 2 is 1.85 bits per heavy atom. The SMILES string of the molecule is Cc1ccc(C)c(OCCCCC(=O)NCCN(C)c2ccccc2)c1. The summed E-state index contributed by atoms with van der Waals surface area (Å²) in [6.07, 6.45) is 2.27. The fourth-order valence-corrected chi connectivity index (χ4v) is 2.70. The van der Waals surface area contributed by atoms with E-state index in [1.807, 2.05) is 25.2 Å². The highest BCUT2D eigenvalue weighted by atomic mass is 16.5. The van der Waals surface area contributed by atoms with Crippen molar-refractivity contribution in [3.63, 3.8) is 0 Å². The van der Waals surface area contributed by atoms with Gasteiger partial charge in [-0.1, -0.05) is 30.3 Å². The second-order valence-corrected chi connectivity index (χ2v) is 6.68. The van der Waals surface area contributed by atoms with E-state index in [4.69, 9.17) is 4.74 Å². The smallest absolute Gasteiger partial charge is 0.220 e. The van der Waals surface area contributed by atoms with Gasteiger partial charge < -0.3 is 15.0 Å². The number of unbranched alkanes of at least 4 members (excludes halogenated alkanes) is 1. The van der Waals surface area contributed by atoms with Crippen LogP contribution < -0.4 is 15.0 Å². The number of amides is 1. The molecule has 2 aromatic carbocycles. The molecule has 0 aliphatic rings. The van der Waals surface area contributed by atoms with Gasteiger partial charge in [-0.2, -0.15) is 0 Å². The van der Waals surface area contributed by atoms with Crippen LogP contribution in [-0.4, -0.2) is 32.7 Å². The number of hydrogen-bond donors (Lipinski definition) is 1. The highest BCUT2D eigenvalue weighted by Gasteiger charge is 2.04. The molecule has 0 aliphatic carbocycles. The molecule has 0 saturated heterocycles. The predicted octanol–water partition coefficient (Wildman–Crippen LogP) is 4.11. The lowest BCUT2D eigenvalue weighted by molar-refractivity contribution is -0.121. The van der Waals surface area contributed by atoms with Crippen LogP contribution in [0, 0.1) is 13.8 Å². The Balaban J connectivity index is 1.55. The molecule has 0 atom stereocenters. The Morgan fingerprint density at radius 3 is 2.62 bits per heavy atom. The quantitative estimate of drug-likeness (QED) is 0.653. The molecule has 26 heavy (non-hydrogen) atoms. The molecule has 2 aromatic rings. The fraction of sp³-hybridized carbons (Fsp3) is 0.409. The van der Waals surface area contributed by atoms with Crippen molar-refractivity contribution in [3.05, 3.63) is 59.7 Å². The van der Waals surface area contributed by atoms with Crippen LogP contribution in [0.15, 0.2) is 48.5 Å². The Kier molecular flexibility index (Phi) is 8.00. The van der Waals surface area contributed by atoms with Gasteiger partial charge in [0.1, 0.15) is 5.75 Å². The van der Waals surface area contributed by atoms with Crippen LogP contribution in [0.1, 0.15) is 30.4 Å². The third kappa shape index (κ3) is 6.79. The first-order chi connectivity index (χ1) is 12.6. The van der Waals surface area contributed by atoms with Gasteiger partial charge in [0.05, 0.1) is 6.61 Å². The standard InChI is InChI=1S/C22H30N2O2/c1-18-12-13-19(2)21(17-18)26-16-8-7-11-22(25)23-14-15-24(3)20-9-5-4-6-10-20/h4-6,9-10,12-13,17H,7-8,11,14-16H2,1-3H3,(H,23,25). The van der Waals surface area contributed by atoms with Gasteiger partial charge in [-0.15, -0.1) is 0 Å². The van der Waals surface area contributed by atoms with E-state index in [1.165, 1.54) is 5.56 Å². The van der Waals surface area contributed by atoms with Gasteiger partial charge in [0.15, 0.2) is 0 Å². The molecule has 2 rings (SSSR count). The largest absolute Gasteiger partial charge is 0.493 e. The lowest BCUT2D eigenvalue weighted by Crippen LogP contribution is -2.32. The number of carbonyl (C=O) groups excluding carboxylic acids is 1. The van der Waals surface area contributed by atoms with Crippen molar-refractivity contribution in [1.29, 1.82) is 0 Å². The van der Waals surface area contributed by atoms with Crippen LogP contribution in [0.4, 0.5) is 5.69 Å². The Labute approximate surface area is 157 Å². The molecule has 0 bridgehead atoms. The van der Waals surface area contributed by atoms with Crippen molar-refractivity contribution in [2.75, 3.05) is 31.6 Å². The lowest BCUT2D eigenvalue weighted by Gasteiger charge is -2.19. The van der Waals surface area contributed by atoms with Crippen molar-refractivity contribution in [3.8, 4) is 5.75 Å². The molecule has 0 heterocycles. The summed E-state index contributed by atoms with van der Waals surface area (Å²) >= 11 is 0. The van der Waals surface area contributed by atoms with E-state index in [0.717, 1.165) is 36.4 Å². The van der Waals surface area contributed by atoms with Gasteiger partial charge in [-0.25, -0.2) is 0 Å². The number of nitrogens with zero attached hydrogens (tertiary/aromatic N) is 1. The van der Waals surface area contributed by atoms with E-state index in [0.29, 0.717) is 19.6 Å². The highest BCUT2D eigenvalue weighted by molar-refractivity contribution is 5.75. The Bertz CT molecular complexity index is 686. The zero-order chi connectivity index (χ0) is 18.8. The number of anilines is 1. The molecule has 0 fully saturated rings. The summed E-state index contributed by atoms with van der Waals surface area (Å²) in [6.45, 7) is 6.21. The summed E-state index contributed by atoms with van der Waals surface area (Å²) in [4.78, 5) is 14.1. The number of para-hydroxylation sites is 1. The number of rotatable bonds is 10. The zero-order valence-corrected chi connectivity index (χ0v) is 16.1. The summed E-state index contributed by atoms with van der Waals surface area (Å²) < 4.78 is 5.82. The molecular weight excluding hydrogens is 324 g/mol. The van der Waals surface area contributed by atoms with Crippen LogP contribution in [0.3, 0.4) is 0 Å².